The highest BCUT2D eigenvalue weighted by Gasteiger charge is 2.09. The van der Waals surface area contributed by atoms with Gasteiger partial charge in [-0.05, 0) is 98.0 Å². The summed E-state index contributed by atoms with van der Waals surface area (Å²) in [5.41, 5.74) is 2.43. The number of rotatable bonds is 18. The molecule has 230 valence electrons. The number of amides is 1. The molecule has 0 spiro atoms. The number of hydrogen-bond donors (Lipinski definition) is 1. The Morgan fingerprint density at radius 1 is 0.727 bits per heavy atom. The molecule has 3 rings (SSSR count). The number of benzene rings is 3. The molecule has 0 fully saturated rings. The topological polar surface area (TPSA) is 113 Å². The zero-order valence-corrected chi connectivity index (χ0v) is 25.1. The van der Waals surface area contributed by atoms with Crippen molar-refractivity contribution in [1.29, 1.82) is 0 Å². The quantitative estimate of drug-likeness (QED) is 0.0699. The van der Waals surface area contributed by atoms with Crippen molar-refractivity contribution in [2.75, 3.05) is 31.7 Å². The SMILES string of the molecule is C=CC(=O)OCCCCOc1ccc(/C=N/c2ccc(NC(=O)c3ccc(OCCCCOC(=O)C=C)cc3)cc2Cl)cc1. The Kier molecular flexibility index (Phi) is 14.2. The molecule has 0 saturated carbocycles. The highest BCUT2D eigenvalue weighted by Crippen LogP contribution is 2.28. The van der Waals surface area contributed by atoms with Crippen molar-refractivity contribution in [3.8, 4) is 11.5 Å². The Morgan fingerprint density at radius 3 is 1.77 bits per heavy atom. The van der Waals surface area contributed by atoms with E-state index in [1.54, 1.807) is 48.7 Å². The van der Waals surface area contributed by atoms with Gasteiger partial charge in [-0.2, -0.15) is 0 Å². The second kappa shape index (κ2) is 18.6. The van der Waals surface area contributed by atoms with Gasteiger partial charge in [-0.25, -0.2) is 9.59 Å². The maximum absolute atomic E-state index is 12.7. The molecule has 44 heavy (non-hydrogen) atoms. The number of nitrogens with one attached hydrogen (secondary N) is 1. The van der Waals surface area contributed by atoms with E-state index in [4.69, 9.17) is 30.5 Å². The van der Waals surface area contributed by atoms with Gasteiger partial charge in [-0.3, -0.25) is 9.79 Å². The van der Waals surface area contributed by atoms with Gasteiger partial charge >= 0.3 is 11.9 Å². The summed E-state index contributed by atoms with van der Waals surface area (Å²) in [6.07, 6.45) is 6.82. The number of carbonyl (C=O) groups is 3. The third kappa shape index (κ3) is 12.1. The third-order valence-corrected chi connectivity index (χ3v) is 6.29. The Morgan fingerprint density at radius 2 is 1.25 bits per heavy atom. The van der Waals surface area contributed by atoms with Crippen LogP contribution in [0.2, 0.25) is 5.02 Å². The van der Waals surface area contributed by atoms with Gasteiger partial charge in [0.1, 0.15) is 11.5 Å². The van der Waals surface area contributed by atoms with Crippen LogP contribution in [-0.2, 0) is 19.1 Å². The maximum Gasteiger partial charge on any atom is 0.330 e. The van der Waals surface area contributed by atoms with Gasteiger partial charge < -0.3 is 24.3 Å². The lowest BCUT2D eigenvalue weighted by Crippen LogP contribution is -2.11. The molecular weight excluding hydrogens is 584 g/mol. The van der Waals surface area contributed by atoms with Crippen LogP contribution in [0.15, 0.2) is 97.0 Å². The van der Waals surface area contributed by atoms with Crippen molar-refractivity contribution in [3.05, 3.63) is 108 Å². The number of nitrogens with zero attached hydrogens (tertiary/aromatic N) is 1. The van der Waals surface area contributed by atoms with Gasteiger partial charge in [0.05, 0.1) is 37.1 Å². The molecule has 3 aromatic carbocycles. The van der Waals surface area contributed by atoms with Crippen LogP contribution in [0, 0.1) is 0 Å². The standard InChI is InChI=1S/C34H35ClN2O7/c1-3-32(38)43-21-7-5-19-41-28-14-9-25(10-15-28)24-36-31-18-13-27(23-30(31)35)37-34(40)26-11-16-29(17-12-26)42-20-6-8-22-44-33(39)4-2/h3-4,9-18,23-24H,1-2,5-8,19-22H2,(H,37,40)/b36-24+. The van der Waals surface area contributed by atoms with Gasteiger partial charge in [0.25, 0.3) is 5.91 Å². The van der Waals surface area contributed by atoms with Crippen molar-refractivity contribution in [2.24, 2.45) is 4.99 Å². The molecule has 0 aliphatic rings. The van der Waals surface area contributed by atoms with Gasteiger partial charge in [0, 0.05) is 29.6 Å². The molecule has 0 atom stereocenters. The average molecular weight is 619 g/mol. The molecule has 0 saturated heterocycles. The van der Waals surface area contributed by atoms with Gasteiger partial charge in [0.15, 0.2) is 0 Å². The fourth-order valence-corrected chi connectivity index (χ4v) is 3.87. The second-order valence-electron chi connectivity index (χ2n) is 9.33. The molecule has 3 aromatic rings. The molecule has 0 aliphatic heterocycles. The Balaban J connectivity index is 1.41. The van der Waals surface area contributed by atoms with E-state index < -0.39 is 11.9 Å². The Hall–Kier alpha value is -4.89. The molecule has 0 unspecified atom stereocenters. The van der Waals surface area contributed by atoms with Crippen molar-refractivity contribution >= 4 is 47.0 Å². The summed E-state index contributed by atoms with van der Waals surface area (Å²) < 4.78 is 21.2. The van der Waals surface area contributed by atoms with Gasteiger partial charge in [0.2, 0.25) is 0 Å². The molecule has 0 aromatic heterocycles. The Labute approximate surface area is 262 Å². The predicted molar refractivity (Wildman–Crippen MR) is 171 cm³/mol. The van der Waals surface area contributed by atoms with Crippen LogP contribution in [0.5, 0.6) is 11.5 Å². The van der Waals surface area contributed by atoms with E-state index in [-0.39, 0.29) is 5.91 Å². The minimum absolute atomic E-state index is 0.286. The minimum Gasteiger partial charge on any atom is -0.494 e. The lowest BCUT2D eigenvalue weighted by atomic mass is 10.2. The summed E-state index contributed by atoms with van der Waals surface area (Å²) in [7, 11) is 0. The van der Waals surface area contributed by atoms with Crippen LogP contribution in [0.4, 0.5) is 11.4 Å². The molecule has 0 aliphatic carbocycles. The largest absolute Gasteiger partial charge is 0.494 e. The van der Waals surface area contributed by atoms with E-state index in [9.17, 15) is 14.4 Å². The number of hydrogen-bond acceptors (Lipinski definition) is 8. The first-order valence-corrected chi connectivity index (χ1v) is 14.4. The highest BCUT2D eigenvalue weighted by molar-refractivity contribution is 6.33. The molecule has 0 heterocycles. The lowest BCUT2D eigenvalue weighted by molar-refractivity contribution is -0.138. The highest BCUT2D eigenvalue weighted by atomic mass is 35.5. The monoisotopic (exact) mass is 618 g/mol. The number of anilines is 1. The van der Waals surface area contributed by atoms with E-state index in [1.165, 1.54) is 0 Å². The fraction of sp³-hybridized carbons (Fsp3) is 0.235. The van der Waals surface area contributed by atoms with Crippen molar-refractivity contribution in [1.82, 2.24) is 0 Å². The number of aliphatic imine (C=N–C) groups is 1. The number of ether oxygens (including phenoxy) is 4. The molecule has 1 amide bonds. The number of esters is 2. The molecule has 0 bridgehead atoms. The number of halogens is 1. The Bertz CT molecular complexity index is 1440. The smallest absolute Gasteiger partial charge is 0.330 e. The average Bonchev–Trinajstić information content (AvgIpc) is 3.04. The first-order valence-electron chi connectivity index (χ1n) is 14.1. The van der Waals surface area contributed by atoms with Crippen LogP contribution in [0.25, 0.3) is 0 Å². The van der Waals surface area contributed by atoms with E-state index in [0.717, 1.165) is 36.3 Å². The lowest BCUT2D eigenvalue weighted by Gasteiger charge is -2.09. The first-order chi connectivity index (χ1) is 21.4. The minimum atomic E-state index is -0.437. The van der Waals surface area contributed by atoms with E-state index in [2.05, 4.69) is 23.5 Å². The zero-order valence-electron chi connectivity index (χ0n) is 24.3. The molecule has 10 heteroatoms. The van der Waals surface area contributed by atoms with Crippen molar-refractivity contribution in [2.45, 2.75) is 25.7 Å². The normalized spacial score (nSPS) is 10.6. The summed E-state index contributed by atoms with van der Waals surface area (Å²) in [6, 6.07) is 19.4. The summed E-state index contributed by atoms with van der Waals surface area (Å²) in [4.78, 5) is 39.2. The molecule has 9 nitrogen and oxygen atoms in total. The van der Waals surface area contributed by atoms with Crippen LogP contribution in [-0.4, -0.2) is 50.5 Å². The fourth-order valence-electron chi connectivity index (χ4n) is 3.64. The van der Waals surface area contributed by atoms with Crippen molar-refractivity contribution in [3.63, 3.8) is 0 Å². The van der Waals surface area contributed by atoms with Crippen LogP contribution in [0.1, 0.15) is 41.6 Å². The van der Waals surface area contributed by atoms with Crippen LogP contribution >= 0.6 is 11.6 Å². The predicted octanol–water partition coefficient (Wildman–Crippen LogP) is 7.12. The zero-order chi connectivity index (χ0) is 31.6. The summed E-state index contributed by atoms with van der Waals surface area (Å²) in [6.45, 7) is 8.33. The van der Waals surface area contributed by atoms with Gasteiger partial charge in [-0.15, -0.1) is 0 Å². The van der Waals surface area contributed by atoms with E-state index in [1.807, 2.05) is 24.3 Å². The number of unbranched alkanes of at least 4 members (excludes halogenated alkanes) is 2. The third-order valence-electron chi connectivity index (χ3n) is 5.99. The van der Waals surface area contributed by atoms with Crippen molar-refractivity contribution < 1.29 is 33.3 Å². The van der Waals surface area contributed by atoms with Crippen LogP contribution < -0.4 is 14.8 Å². The summed E-state index contributed by atoms with van der Waals surface area (Å²) in [5, 5.41) is 3.23. The van der Waals surface area contributed by atoms with Crippen LogP contribution in [0.3, 0.4) is 0 Å². The van der Waals surface area contributed by atoms with E-state index in [0.29, 0.717) is 67.0 Å². The van der Waals surface area contributed by atoms with E-state index >= 15 is 0 Å². The molecule has 1 N–H and O–H groups in total. The molecular formula is C34H35ClN2O7. The molecule has 0 radical (unpaired) electrons. The summed E-state index contributed by atoms with van der Waals surface area (Å²) >= 11 is 6.43. The first kappa shape index (κ1) is 33.6. The second-order valence-corrected chi connectivity index (χ2v) is 9.73. The number of carbonyl (C=O) groups excluding carboxylic acids is 3. The maximum atomic E-state index is 12.7. The van der Waals surface area contributed by atoms with Gasteiger partial charge in [-0.1, -0.05) is 24.8 Å². The summed E-state index contributed by atoms with van der Waals surface area (Å²) in [5.74, 6) is 0.219.